The number of hydrazine groups is 1. The lowest BCUT2D eigenvalue weighted by Gasteiger charge is -2.11. The molecule has 0 saturated carbocycles. The molecular weight excluding hydrogens is 459 g/mol. The van der Waals surface area contributed by atoms with Crippen LogP contribution in [-0.4, -0.2) is 54.6 Å². The second-order valence-corrected chi connectivity index (χ2v) is 7.40. The number of hydrazone groups is 1. The number of methoxy groups -OCH3 is 1. The fourth-order valence-electron chi connectivity index (χ4n) is 2.42. The minimum Gasteiger partial charge on any atom is -0.491 e. The van der Waals surface area contributed by atoms with E-state index in [-0.39, 0.29) is 18.5 Å². The Morgan fingerprint density at radius 2 is 1.87 bits per heavy atom. The molecule has 2 N–H and O–H groups in total. The van der Waals surface area contributed by atoms with Crippen LogP contribution in [0.3, 0.4) is 0 Å². The van der Waals surface area contributed by atoms with Crippen molar-refractivity contribution in [1.29, 1.82) is 0 Å². The van der Waals surface area contributed by atoms with Crippen molar-refractivity contribution in [1.82, 2.24) is 5.43 Å². The van der Waals surface area contributed by atoms with E-state index in [1.807, 2.05) is 0 Å². The van der Waals surface area contributed by atoms with Crippen LogP contribution >= 0.6 is 15.9 Å². The Hall–Kier alpha value is -2.65. The largest absolute Gasteiger partial charge is 0.491 e. The van der Waals surface area contributed by atoms with E-state index in [0.717, 1.165) is 0 Å². The SMILES string of the molecule is COCCOc1ccc(C(=O)N/[N+](=C(\O)COc2ccc(F)cc2Br)C(C)C)cc1. The number of amides is 1. The van der Waals surface area contributed by atoms with Gasteiger partial charge in [-0.1, -0.05) is 4.68 Å². The predicted octanol–water partition coefficient (Wildman–Crippen LogP) is 3.71. The molecule has 162 valence electrons. The van der Waals surface area contributed by atoms with Crippen molar-refractivity contribution in [2.24, 2.45) is 0 Å². The first-order chi connectivity index (χ1) is 14.3. The first-order valence-electron chi connectivity index (χ1n) is 9.26. The highest BCUT2D eigenvalue weighted by Crippen LogP contribution is 2.25. The van der Waals surface area contributed by atoms with Crippen molar-refractivity contribution in [2.45, 2.75) is 19.9 Å². The number of carbonyl (C=O) groups excluding carboxylic acids is 1. The zero-order valence-corrected chi connectivity index (χ0v) is 18.6. The lowest BCUT2D eigenvalue weighted by molar-refractivity contribution is -0.608. The summed E-state index contributed by atoms with van der Waals surface area (Å²) in [5.41, 5.74) is 3.06. The summed E-state index contributed by atoms with van der Waals surface area (Å²) in [6.45, 7) is 4.27. The number of aliphatic hydroxyl groups excluding tert-OH is 1. The highest BCUT2D eigenvalue weighted by atomic mass is 79.9. The number of nitrogens with zero attached hydrogens (tertiary/aromatic N) is 1. The average Bonchev–Trinajstić information content (AvgIpc) is 2.71. The maximum absolute atomic E-state index is 13.2. The van der Waals surface area contributed by atoms with Gasteiger partial charge in [0.25, 0.3) is 0 Å². The third-order valence-corrected chi connectivity index (χ3v) is 4.56. The van der Waals surface area contributed by atoms with Gasteiger partial charge in [0, 0.05) is 12.7 Å². The molecular formula is C21H25BrFN2O5+. The van der Waals surface area contributed by atoms with Crippen LogP contribution in [-0.2, 0) is 4.74 Å². The summed E-state index contributed by atoms with van der Waals surface area (Å²) in [7, 11) is 1.59. The standard InChI is InChI=1S/C21H24BrFN2O5/c1-14(2)25(20(26)13-30-19-9-6-16(23)12-18(19)22)24-21(27)15-4-7-17(8-5-15)29-11-10-28-3/h4-9,12,14H,10-11,13H2,1-3H3,(H,24,27)/p+1. The minimum absolute atomic E-state index is 0.200. The molecule has 0 heterocycles. The van der Waals surface area contributed by atoms with Gasteiger partial charge in [0.1, 0.15) is 23.9 Å². The molecule has 0 fully saturated rings. The topological polar surface area (TPSA) is 80.0 Å². The van der Waals surface area contributed by atoms with Crippen LogP contribution in [0, 0.1) is 5.82 Å². The zero-order valence-electron chi connectivity index (χ0n) is 17.0. The molecule has 30 heavy (non-hydrogen) atoms. The van der Waals surface area contributed by atoms with Gasteiger partial charge >= 0.3 is 11.8 Å². The predicted molar refractivity (Wildman–Crippen MR) is 114 cm³/mol. The van der Waals surface area contributed by atoms with Gasteiger partial charge in [0.15, 0.2) is 6.04 Å². The van der Waals surface area contributed by atoms with Gasteiger partial charge in [0.2, 0.25) is 6.61 Å². The Labute approximate surface area is 183 Å². The molecule has 2 aromatic rings. The van der Waals surface area contributed by atoms with Crippen LogP contribution in [0.5, 0.6) is 11.5 Å². The van der Waals surface area contributed by atoms with Gasteiger partial charge in [-0.05, 0) is 72.2 Å². The van der Waals surface area contributed by atoms with Crippen molar-refractivity contribution < 1.29 is 33.2 Å². The van der Waals surface area contributed by atoms with Gasteiger partial charge in [-0.3, -0.25) is 4.79 Å². The molecule has 0 aliphatic carbocycles. The monoisotopic (exact) mass is 483 g/mol. The summed E-state index contributed by atoms with van der Waals surface area (Å²) >= 11 is 3.20. The smallest absolute Gasteiger partial charge is 0.402 e. The highest BCUT2D eigenvalue weighted by molar-refractivity contribution is 9.10. The molecule has 0 bridgehead atoms. The van der Waals surface area contributed by atoms with Crippen LogP contribution in [0.25, 0.3) is 0 Å². The second-order valence-electron chi connectivity index (χ2n) is 6.55. The van der Waals surface area contributed by atoms with E-state index in [4.69, 9.17) is 14.2 Å². The molecule has 9 heteroatoms. The van der Waals surface area contributed by atoms with Crippen molar-refractivity contribution in [2.75, 3.05) is 26.9 Å². The summed E-state index contributed by atoms with van der Waals surface area (Å²) in [6, 6.07) is 10.3. The summed E-state index contributed by atoms with van der Waals surface area (Å²) < 4.78 is 30.8. The summed E-state index contributed by atoms with van der Waals surface area (Å²) in [4.78, 5) is 12.6. The normalized spacial score (nSPS) is 11.8. The van der Waals surface area contributed by atoms with Gasteiger partial charge in [-0.15, -0.1) is 5.43 Å². The van der Waals surface area contributed by atoms with Crippen LogP contribution in [0.1, 0.15) is 24.2 Å². The lowest BCUT2D eigenvalue weighted by Crippen LogP contribution is -2.44. The molecule has 0 unspecified atom stereocenters. The van der Waals surface area contributed by atoms with Crippen molar-refractivity contribution in [3.63, 3.8) is 0 Å². The Bertz CT molecular complexity index is 887. The van der Waals surface area contributed by atoms with E-state index < -0.39 is 11.7 Å². The lowest BCUT2D eigenvalue weighted by atomic mass is 10.2. The number of aliphatic hydroxyl groups is 1. The first-order valence-corrected chi connectivity index (χ1v) is 10.1. The van der Waals surface area contributed by atoms with Crippen LogP contribution in [0.4, 0.5) is 4.39 Å². The molecule has 0 aromatic heterocycles. The number of nitrogens with one attached hydrogen (secondary N) is 1. The number of carbonyl (C=O) groups is 1. The van der Waals surface area contributed by atoms with Gasteiger partial charge in [0.05, 0.1) is 11.1 Å². The maximum Gasteiger partial charge on any atom is 0.402 e. The van der Waals surface area contributed by atoms with Crippen molar-refractivity contribution in [3.8, 4) is 11.5 Å². The molecule has 0 aliphatic heterocycles. The molecule has 0 spiro atoms. The summed E-state index contributed by atoms with van der Waals surface area (Å²) in [6.07, 6.45) is 0. The molecule has 0 radical (unpaired) electrons. The van der Waals surface area contributed by atoms with Crippen molar-refractivity contribution >= 4 is 27.7 Å². The van der Waals surface area contributed by atoms with Gasteiger partial charge < -0.3 is 19.3 Å². The molecule has 1 amide bonds. The molecule has 0 aliphatic rings. The highest BCUT2D eigenvalue weighted by Gasteiger charge is 2.23. The van der Waals surface area contributed by atoms with E-state index in [1.54, 1.807) is 45.2 Å². The summed E-state index contributed by atoms with van der Waals surface area (Å²) in [5, 5.41) is 10.4. The second kappa shape index (κ2) is 11.5. The van der Waals surface area contributed by atoms with Crippen molar-refractivity contribution in [3.05, 3.63) is 58.3 Å². The van der Waals surface area contributed by atoms with E-state index >= 15 is 0 Å². The number of benzene rings is 2. The first kappa shape index (κ1) is 23.6. The number of hydrogen-bond donors (Lipinski definition) is 2. The maximum atomic E-state index is 13.2. The number of hydrogen-bond acceptors (Lipinski definition) is 4. The molecule has 7 nitrogen and oxygen atoms in total. The Kier molecular flexibility index (Phi) is 9.07. The van der Waals surface area contributed by atoms with Crippen LogP contribution in [0.15, 0.2) is 46.9 Å². The van der Waals surface area contributed by atoms with Crippen LogP contribution < -0.4 is 14.9 Å². The van der Waals surface area contributed by atoms with Crippen LogP contribution in [0.2, 0.25) is 0 Å². The average molecular weight is 484 g/mol. The third kappa shape index (κ3) is 7.00. The zero-order chi connectivity index (χ0) is 22.1. The third-order valence-electron chi connectivity index (χ3n) is 3.94. The Morgan fingerprint density at radius 1 is 1.17 bits per heavy atom. The van der Waals surface area contributed by atoms with E-state index in [2.05, 4.69) is 21.4 Å². The molecule has 2 rings (SSSR count). The minimum atomic E-state index is -0.409. The summed E-state index contributed by atoms with van der Waals surface area (Å²) in [5.74, 6) is -0.0246. The fourth-order valence-corrected chi connectivity index (χ4v) is 2.88. The number of ether oxygens (including phenoxy) is 3. The molecule has 2 aromatic carbocycles. The Morgan fingerprint density at radius 3 is 2.47 bits per heavy atom. The molecule has 0 atom stereocenters. The Balaban J connectivity index is 2.04. The van der Waals surface area contributed by atoms with E-state index in [9.17, 15) is 14.3 Å². The van der Waals surface area contributed by atoms with Gasteiger partial charge in [-0.25, -0.2) is 4.39 Å². The quantitative estimate of drug-likeness (QED) is 0.177. The van der Waals surface area contributed by atoms with E-state index in [1.165, 1.54) is 22.9 Å². The number of halogens is 2. The number of rotatable bonds is 10. The van der Waals surface area contributed by atoms with Gasteiger partial charge in [-0.2, -0.15) is 0 Å². The van der Waals surface area contributed by atoms with E-state index in [0.29, 0.717) is 34.7 Å². The fraction of sp³-hybridized carbons (Fsp3) is 0.333. The molecule has 0 saturated heterocycles.